The summed E-state index contributed by atoms with van der Waals surface area (Å²) in [7, 11) is 1.48. The SMILES string of the molecule is CCCC(COC)NCC(F)(F)F. The number of ether oxygens (including phenoxy) is 1. The van der Waals surface area contributed by atoms with Gasteiger partial charge < -0.3 is 10.1 Å². The Balaban J connectivity index is 3.68. The number of hydrogen-bond acceptors (Lipinski definition) is 2. The lowest BCUT2D eigenvalue weighted by atomic mass is 10.2. The van der Waals surface area contributed by atoms with Crippen molar-refractivity contribution in [3.05, 3.63) is 0 Å². The number of nitrogens with one attached hydrogen (secondary N) is 1. The standard InChI is InChI=1S/C8H16F3NO/c1-3-4-7(5-13-2)12-6-8(9,10)11/h7,12H,3-6H2,1-2H3. The molecule has 80 valence electrons. The van der Waals surface area contributed by atoms with Crippen LogP contribution in [-0.2, 0) is 4.74 Å². The fourth-order valence-electron chi connectivity index (χ4n) is 1.05. The molecule has 0 spiro atoms. The van der Waals surface area contributed by atoms with E-state index in [4.69, 9.17) is 4.74 Å². The van der Waals surface area contributed by atoms with Gasteiger partial charge in [-0.2, -0.15) is 13.2 Å². The predicted octanol–water partition coefficient (Wildman–Crippen LogP) is 1.95. The Kier molecular flexibility index (Phi) is 6.07. The number of alkyl halides is 3. The zero-order valence-electron chi connectivity index (χ0n) is 7.95. The summed E-state index contributed by atoms with van der Waals surface area (Å²) in [4.78, 5) is 0. The van der Waals surface area contributed by atoms with Crippen LogP contribution in [-0.4, -0.2) is 32.5 Å². The Morgan fingerprint density at radius 3 is 2.38 bits per heavy atom. The van der Waals surface area contributed by atoms with E-state index in [1.54, 1.807) is 0 Å². The molecular weight excluding hydrogens is 183 g/mol. The molecule has 0 aliphatic rings. The average molecular weight is 199 g/mol. The molecular formula is C8H16F3NO. The van der Waals surface area contributed by atoms with Gasteiger partial charge in [-0.1, -0.05) is 13.3 Å². The molecule has 2 nitrogen and oxygen atoms in total. The zero-order chi connectivity index (χ0) is 10.3. The lowest BCUT2D eigenvalue weighted by molar-refractivity contribution is -0.127. The molecule has 1 N–H and O–H groups in total. The van der Waals surface area contributed by atoms with Crippen LogP contribution < -0.4 is 5.32 Å². The topological polar surface area (TPSA) is 21.3 Å². The van der Waals surface area contributed by atoms with Gasteiger partial charge >= 0.3 is 6.18 Å². The van der Waals surface area contributed by atoms with Crippen LogP contribution in [0.5, 0.6) is 0 Å². The fraction of sp³-hybridized carbons (Fsp3) is 1.00. The van der Waals surface area contributed by atoms with Crippen LogP contribution in [0, 0.1) is 0 Å². The van der Waals surface area contributed by atoms with E-state index in [0.717, 1.165) is 6.42 Å². The molecule has 0 saturated heterocycles. The molecule has 0 aromatic heterocycles. The first-order chi connectivity index (χ1) is 5.99. The van der Waals surface area contributed by atoms with Crippen molar-refractivity contribution in [2.45, 2.75) is 32.0 Å². The van der Waals surface area contributed by atoms with Gasteiger partial charge in [-0.15, -0.1) is 0 Å². The Hall–Kier alpha value is -0.290. The van der Waals surface area contributed by atoms with Crippen molar-refractivity contribution in [2.24, 2.45) is 0 Å². The fourth-order valence-corrected chi connectivity index (χ4v) is 1.05. The molecule has 0 aromatic rings. The van der Waals surface area contributed by atoms with Crippen LogP contribution >= 0.6 is 0 Å². The maximum atomic E-state index is 11.8. The highest BCUT2D eigenvalue weighted by molar-refractivity contribution is 4.67. The summed E-state index contributed by atoms with van der Waals surface area (Å²) in [5.74, 6) is 0. The quantitative estimate of drug-likeness (QED) is 0.706. The minimum atomic E-state index is -4.14. The minimum absolute atomic E-state index is 0.198. The third kappa shape index (κ3) is 8.05. The zero-order valence-corrected chi connectivity index (χ0v) is 7.95. The van der Waals surface area contributed by atoms with Crippen LogP contribution in [0.4, 0.5) is 13.2 Å². The van der Waals surface area contributed by atoms with Crippen molar-refractivity contribution in [1.29, 1.82) is 0 Å². The summed E-state index contributed by atoms with van der Waals surface area (Å²) >= 11 is 0. The van der Waals surface area contributed by atoms with Gasteiger partial charge in [-0.25, -0.2) is 0 Å². The van der Waals surface area contributed by atoms with Crippen molar-refractivity contribution >= 4 is 0 Å². The highest BCUT2D eigenvalue weighted by atomic mass is 19.4. The van der Waals surface area contributed by atoms with Crippen LogP contribution in [0.15, 0.2) is 0 Å². The third-order valence-corrected chi connectivity index (χ3v) is 1.60. The molecule has 0 heterocycles. The normalized spacial score (nSPS) is 14.5. The number of halogens is 3. The highest BCUT2D eigenvalue weighted by Gasteiger charge is 2.27. The van der Waals surface area contributed by atoms with Gasteiger partial charge in [0.15, 0.2) is 0 Å². The second-order valence-electron chi connectivity index (χ2n) is 2.94. The first-order valence-corrected chi connectivity index (χ1v) is 4.28. The molecule has 0 aromatic carbocycles. The van der Waals surface area contributed by atoms with Crippen LogP contribution in [0.2, 0.25) is 0 Å². The Morgan fingerprint density at radius 1 is 1.38 bits per heavy atom. The Bertz CT molecular complexity index is 121. The van der Waals surface area contributed by atoms with E-state index >= 15 is 0 Å². The van der Waals surface area contributed by atoms with E-state index in [-0.39, 0.29) is 6.04 Å². The molecule has 0 amide bonds. The molecule has 0 aliphatic heterocycles. The molecule has 0 fully saturated rings. The maximum absolute atomic E-state index is 11.8. The molecule has 1 unspecified atom stereocenters. The number of hydrogen-bond donors (Lipinski definition) is 1. The smallest absolute Gasteiger partial charge is 0.383 e. The summed E-state index contributed by atoms with van der Waals surface area (Å²) in [5, 5.41) is 2.41. The van der Waals surface area contributed by atoms with Gasteiger partial charge in [-0.05, 0) is 6.42 Å². The molecule has 13 heavy (non-hydrogen) atoms. The van der Waals surface area contributed by atoms with E-state index in [0.29, 0.717) is 13.0 Å². The molecule has 1 atom stereocenters. The lowest BCUT2D eigenvalue weighted by Crippen LogP contribution is -2.39. The molecule has 0 rings (SSSR count). The van der Waals surface area contributed by atoms with Crippen molar-refractivity contribution in [2.75, 3.05) is 20.3 Å². The highest BCUT2D eigenvalue weighted by Crippen LogP contribution is 2.13. The lowest BCUT2D eigenvalue weighted by Gasteiger charge is -2.18. The van der Waals surface area contributed by atoms with E-state index in [2.05, 4.69) is 5.32 Å². The van der Waals surface area contributed by atoms with Crippen LogP contribution in [0.25, 0.3) is 0 Å². The van der Waals surface area contributed by atoms with Gasteiger partial charge in [0, 0.05) is 13.2 Å². The molecule has 5 heteroatoms. The summed E-state index contributed by atoms with van der Waals surface area (Å²) < 4.78 is 40.2. The van der Waals surface area contributed by atoms with Gasteiger partial charge in [0.25, 0.3) is 0 Å². The molecule has 0 radical (unpaired) electrons. The average Bonchev–Trinajstić information content (AvgIpc) is 2.00. The van der Waals surface area contributed by atoms with Crippen LogP contribution in [0.3, 0.4) is 0 Å². The second-order valence-corrected chi connectivity index (χ2v) is 2.94. The summed E-state index contributed by atoms with van der Waals surface area (Å²) in [6, 6.07) is -0.198. The maximum Gasteiger partial charge on any atom is 0.401 e. The molecule has 0 bridgehead atoms. The largest absolute Gasteiger partial charge is 0.401 e. The number of rotatable bonds is 6. The molecule has 0 saturated carbocycles. The van der Waals surface area contributed by atoms with Gasteiger partial charge in [0.1, 0.15) is 0 Å². The van der Waals surface area contributed by atoms with Crippen molar-refractivity contribution in [1.82, 2.24) is 5.32 Å². The third-order valence-electron chi connectivity index (χ3n) is 1.60. The summed E-state index contributed by atoms with van der Waals surface area (Å²) in [5.41, 5.74) is 0. The van der Waals surface area contributed by atoms with Gasteiger partial charge in [-0.3, -0.25) is 0 Å². The van der Waals surface area contributed by atoms with Gasteiger partial charge in [0.05, 0.1) is 13.2 Å². The van der Waals surface area contributed by atoms with E-state index in [9.17, 15) is 13.2 Å². The minimum Gasteiger partial charge on any atom is -0.383 e. The predicted molar refractivity (Wildman–Crippen MR) is 44.6 cm³/mol. The van der Waals surface area contributed by atoms with E-state index < -0.39 is 12.7 Å². The first-order valence-electron chi connectivity index (χ1n) is 4.28. The second kappa shape index (κ2) is 6.21. The van der Waals surface area contributed by atoms with E-state index in [1.807, 2.05) is 6.92 Å². The Labute approximate surface area is 76.5 Å². The van der Waals surface area contributed by atoms with Crippen LogP contribution in [0.1, 0.15) is 19.8 Å². The summed E-state index contributed by atoms with van der Waals surface area (Å²) in [6.07, 6.45) is -2.59. The monoisotopic (exact) mass is 199 g/mol. The van der Waals surface area contributed by atoms with Gasteiger partial charge in [0.2, 0.25) is 0 Å². The summed E-state index contributed by atoms with van der Waals surface area (Å²) in [6.45, 7) is 1.31. The van der Waals surface area contributed by atoms with E-state index in [1.165, 1.54) is 7.11 Å². The first kappa shape index (κ1) is 12.7. The van der Waals surface area contributed by atoms with Crippen molar-refractivity contribution in [3.8, 4) is 0 Å². The van der Waals surface area contributed by atoms with Crippen molar-refractivity contribution < 1.29 is 17.9 Å². The Morgan fingerprint density at radius 2 is 2.00 bits per heavy atom. The molecule has 0 aliphatic carbocycles. The number of methoxy groups -OCH3 is 1. The van der Waals surface area contributed by atoms with Crippen molar-refractivity contribution in [3.63, 3.8) is 0 Å².